The SMILES string of the molecule is CC1=CC(C(C)(C)/C=C\CC[N+](=O)[O-])CC1. The smallest absolute Gasteiger partial charge is 0.207 e. The van der Waals surface area contributed by atoms with Crippen LogP contribution < -0.4 is 0 Å². The molecule has 0 spiro atoms. The summed E-state index contributed by atoms with van der Waals surface area (Å²) in [6.45, 7) is 6.61. The van der Waals surface area contributed by atoms with Crippen molar-refractivity contribution in [3.8, 4) is 0 Å². The molecule has 1 aliphatic carbocycles. The summed E-state index contributed by atoms with van der Waals surface area (Å²) in [6, 6.07) is 0. The van der Waals surface area contributed by atoms with Crippen molar-refractivity contribution in [2.45, 2.75) is 40.0 Å². The largest absolute Gasteiger partial charge is 0.265 e. The minimum atomic E-state index is -0.267. The van der Waals surface area contributed by atoms with Gasteiger partial charge in [-0.25, -0.2) is 0 Å². The summed E-state index contributed by atoms with van der Waals surface area (Å²) in [7, 11) is 0. The van der Waals surface area contributed by atoms with Crippen LogP contribution in [0.2, 0.25) is 0 Å². The molecule has 0 saturated carbocycles. The van der Waals surface area contributed by atoms with Gasteiger partial charge >= 0.3 is 0 Å². The first-order valence-corrected chi connectivity index (χ1v) is 5.88. The number of rotatable bonds is 5. The van der Waals surface area contributed by atoms with Crippen LogP contribution in [0.3, 0.4) is 0 Å². The molecule has 1 unspecified atom stereocenters. The second kappa shape index (κ2) is 5.28. The van der Waals surface area contributed by atoms with Gasteiger partial charge in [-0.3, -0.25) is 10.1 Å². The van der Waals surface area contributed by atoms with Crippen molar-refractivity contribution in [3.05, 3.63) is 33.9 Å². The molecule has 3 heteroatoms. The Morgan fingerprint density at radius 1 is 1.62 bits per heavy atom. The summed E-state index contributed by atoms with van der Waals surface area (Å²) in [6.07, 6.45) is 9.36. The fourth-order valence-corrected chi connectivity index (χ4v) is 2.17. The number of nitro groups is 1. The fraction of sp³-hybridized carbons (Fsp3) is 0.692. The highest BCUT2D eigenvalue weighted by Crippen LogP contribution is 2.38. The van der Waals surface area contributed by atoms with Gasteiger partial charge in [0.1, 0.15) is 0 Å². The summed E-state index contributed by atoms with van der Waals surface area (Å²) >= 11 is 0. The lowest BCUT2D eigenvalue weighted by molar-refractivity contribution is -0.478. The Morgan fingerprint density at radius 2 is 2.31 bits per heavy atom. The molecular weight excluding hydrogens is 202 g/mol. The summed E-state index contributed by atoms with van der Waals surface area (Å²) in [4.78, 5) is 9.92. The molecule has 0 bridgehead atoms. The van der Waals surface area contributed by atoms with Crippen molar-refractivity contribution in [2.24, 2.45) is 11.3 Å². The van der Waals surface area contributed by atoms with E-state index in [1.54, 1.807) is 0 Å². The molecule has 0 aromatic rings. The third-order valence-corrected chi connectivity index (χ3v) is 3.32. The molecule has 3 nitrogen and oxygen atoms in total. The van der Waals surface area contributed by atoms with Crippen LogP contribution in [0.1, 0.15) is 40.0 Å². The van der Waals surface area contributed by atoms with E-state index in [1.807, 2.05) is 6.08 Å². The quantitative estimate of drug-likeness (QED) is 0.406. The van der Waals surface area contributed by atoms with Gasteiger partial charge in [0.15, 0.2) is 0 Å². The molecule has 0 aliphatic heterocycles. The average Bonchev–Trinajstić information content (AvgIpc) is 2.60. The zero-order valence-corrected chi connectivity index (χ0v) is 10.4. The molecule has 1 aliphatic rings. The Balaban J connectivity index is 2.48. The highest BCUT2D eigenvalue weighted by Gasteiger charge is 2.27. The number of nitrogens with zero attached hydrogens (tertiary/aromatic N) is 1. The third-order valence-electron chi connectivity index (χ3n) is 3.32. The van der Waals surface area contributed by atoms with E-state index in [0.717, 1.165) is 0 Å². The Morgan fingerprint density at radius 3 is 2.81 bits per heavy atom. The minimum Gasteiger partial charge on any atom is -0.265 e. The molecule has 0 heterocycles. The molecule has 0 saturated heterocycles. The summed E-state index contributed by atoms with van der Waals surface area (Å²) < 4.78 is 0. The van der Waals surface area contributed by atoms with E-state index in [1.165, 1.54) is 18.4 Å². The summed E-state index contributed by atoms with van der Waals surface area (Å²) in [5.74, 6) is 0.583. The molecule has 16 heavy (non-hydrogen) atoms. The van der Waals surface area contributed by atoms with E-state index >= 15 is 0 Å². The zero-order chi connectivity index (χ0) is 12.2. The predicted molar refractivity (Wildman–Crippen MR) is 65.9 cm³/mol. The van der Waals surface area contributed by atoms with Gasteiger partial charge in [0, 0.05) is 11.3 Å². The van der Waals surface area contributed by atoms with E-state index < -0.39 is 0 Å². The molecule has 0 aromatic heterocycles. The number of hydrogen-bond acceptors (Lipinski definition) is 2. The number of allylic oxidation sites excluding steroid dienone is 3. The van der Waals surface area contributed by atoms with Gasteiger partial charge in [0.25, 0.3) is 0 Å². The van der Waals surface area contributed by atoms with Gasteiger partial charge in [-0.2, -0.15) is 0 Å². The van der Waals surface area contributed by atoms with Crippen molar-refractivity contribution < 1.29 is 4.92 Å². The van der Waals surface area contributed by atoms with Crippen molar-refractivity contribution in [1.82, 2.24) is 0 Å². The summed E-state index contributed by atoms with van der Waals surface area (Å²) in [5.41, 5.74) is 1.59. The van der Waals surface area contributed by atoms with Crippen LogP contribution in [0.15, 0.2) is 23.8 Å². The molecule has 90 valence electrons. The van der Waals surface area contributed by atoms with Gasteiger partial charge in [0.05, 0.1) is 0 Å². The molecular formula is C13H21NO2. The van der Waals surface area contributed by atoms with Gasteiger partial charge in [0.2, 0.25) is 6.54 Å². The van der Waals surface area contributed by atoms with Crippen LogP contribution in [0, 0.1) is 21.4 Å². The van der Waals surface area contributed by atoms with Crippen LogP contribution >= 0.6 is 0 Å². The van der Waals surface area contributed by atoms with Crippen LogP contribution in [0.25, 0.3) is 0 Å². The van der Waals surface area contributed by atoms with Gasteiger partial charge in [-0.15, -0.1) is 0 Å². The molecule has 0 N–H and O–H groups in total. The van der Waals surface area contributed by atoms with Crippen molar-refractivity contribution >= 4 is 0 Å². The van der Waals surface area contributed by atoms with Gasteiger partial charge < -0.3 is 0 Å². The molecule has 0 fully saturated rings. The van der Waals surface area contributed by atoms with E-state index in [4.69, 9.17) is 0 Å². The van der Waals surface area contributed by atoms with Crippen LogP contribution in [0.5, 0.6) is 0 Å². The van der Waals surface area contributed by atoms with E-state index in [-0.39, 0.29) is 16.9 Å². The first-order chi connectivity index (χ1) is 7.42. The third kappa shape index (κ3) is 3.80. The number of hydrogen-bond donors (Lipinski definition) is 0. The monoisotopic (exact) mass is 223 g/mol. The van der Waals surface area contributed by atoms with E-state index in [9.17, 15) is 10.1 Å². The topological polar surface area (TPSA) is 43.1 Å². The maximum atomic E-state index is 10.2. The predicted octanol–water partition coefficient (Wildman–Crippen LogP) is 3.59. The Kier molecular flexibility index (Phi) is 4.27. The summed E-state index contributed by atoms with van der Waals surface area (Å²) in [5, 5.41) is 10.2. The van der Waals surface area contributed by atoms with Crippen LogP contribution in [-0.4, -0.2) is 11.5 Å². The molecule has 1 atom stereocenters. The molecule has 0 amide bonds. The molecule has 0 aromatic carbocycles. The molecule has 1 rings (SSSR count). The van der Waals surface area contributed by atoms with E-state index in [0.29, 0.717) is 12.3 Å². The standard InChI is InChI=1S/C13H21NO2/c1-11-6-7-12(10-11)13(2,3)8-4-5-9-14(15)16/h4,8,10,12H,5-7,9H2,1-3H3/b8-4-. The normalized spacial score (nSPS) is 21.4. The Bertz CT molecular complexity index is 316. The second-order valence-corrected chi connectivity index (χ2v) is 5.23. The maximum Gasteiger partial charge on any atom is 0.207 e. The lowest BCUT2D eigenvalue weighted by atomic mass is 9.78. The van der Waals surface area contributed by atoms with Gasteiger partial charge in [-0.05, 0) is 31.1 Å². The first-order valence-electron chi connectivity index (χ1n) is 5.88. The maximum absolute atomic E-state index is 10.2. The van der Waals surface area contributed by atoms with Crippen LogP contribution in [-0.2, 0) is 0 Å². The van der Waals surface area contributed by atoms with Crippen molar-refractivity contribution in [1.29, 1.82) is 0 Å². The lowest BCUT2D eigenvalue weighted by Crippen LogP contribution is -2.18. The average molecular weight is 223 g/mol. The van der Waals surface area contributed by atoms with E-state index in [2.05, 4.69) is 32.9 Å². The van der Waals surface area contributed by atoms with Crippen LogP contribution in [0.4, 0.5) is 0 Å². The Hall–Kier alpha value is -1.12. The van der Waals surface area contributed by atoms with Crippen molar-refractivity contribution in [2.75, 3.05) is 6.54 Å². The highest BCUT2D eigenvalue weighted by molar-refractivity contribution is 5.14. The molecule has 0 radical (unpaired) electrons. The highest BCUT2D eigenvalue weighted by atomic mass is 16.6. The first kappa shape index (κ1) is 12.9. The fourth-order valence-electron chi connectivity index (χ4n) is 2.17. The second-order valence-electron chi connectivity index (χ2n) is 5.23. The Labute approximate surface area is 97.4 Å². The van der Waals surface area contributed by atoms with Gasteiger partial charge in [-0.1, -0.05) is 37.6 Å². The van der Waals surface area contributed by atoms with Crippen molar-refractivity contribution in [3.63, 3.8) is 0 Å². The minimum absolute atomic E-state index is 0.0338. The zero-order valence-electron chi connectivity index (χ0n) is 10.4. The lowest BCUT2D eigenvalue weighted by Gasteiger charge is -2.26.